The van der Waals surface area contributed by atoms with Crippen molar-refractivity contribution in [2.45, 2.75) is 19.4 Å². The lowest BCUT2D eigenvalue weighted by Crippen LogP contribution is -2.18. The number of hydrogen-bond donors (Lipinski definition) is 1. The topological polar surface area (TPSA) is 41.0 Å². The van der Waals surface area contributed by atoms with E-state index in [0.29, 0.717) is 0 Å². The second kappa shape index (κ2) is 6.71. The number of fused-ring (bicyclic) bond motifs is 1. The maximum Gasteiger partial charge on any atom is 0.131 e. The summed E-state index contributed by atoms with van der Waals surface area (Å²) in [5.41, 5.74) is 2.21. The van der Waals surface area contributed by atoms with Gasteiger partial charge in [0.25, 0.3) is 0 Å². The molecule has 1 N–H and O–H groups in total. The lowest BCUT2D eigenvalue weighted by atomic mass is 10.2. The standard InChI is InChI=1S/C19H20N4S/c1-2-16-6-5-15-12-18(24-19(15)21-16)22-17-11-14(7-8-20-17)13-23-9-3-4-10-23/h2,5-8,11-12H,1,3-4,9-10,13H2,(H,20,22). The second-order valence-corrected chi connectivity index (χ2v) is 7.13. The number of likely N-dealkylation sites (tertiary alicyclic amines) is 1. The minimum Gasteiger partial charge on any atom is -0.332 e. The quantitative estimate of drug-likeness (QED) is 0.735. The van der Waals surface area contributed by atoms with Crippen LogP contribution in [0.1, 0.15) is 24.1 Å². The molecule has 0 bridgehead atoms. The molecule has 4 heterocycles. The Morgan fingerprint density at radius 1 is 1.21 bits per heavy atom. The van der Waals surface area contributed by atoms with Crippen molar-refractivity contribution in [3.05, 3.63) is 54.4 Å². The number of nitrogens with zero attached hydrogens (tertiary/aromatic N) is 3. The lowest BCUT2D eigenvalue weighted by Gasteiger charge is -2.14. The molecule has 0 radical (unpaired) electrons. The summed E-state index contributed by atoms with van der Waals surface area (Å²) in [4.78, 5) is 12.5. The fourth-order valence-electron chi connectivity index (χ4n) is 3.07. The van der Waals surface area contributed by atoms with Crippen LogP contribution in [0.15, 0.2) is 43.1 Å². The summed E-state index contributed by atoms with van der Waals surface area (Å²) in [6.45, 7) is 7.20. The van der Waals surface area contributed by atoms with Gasteiger partial charge in [-0.1, -0.05) is 17.9 Å². The number of nitrogens with one attached hydrogen (secondary N) is 1. The van der Waals surface area contributed by atoms with Crippen molar-refractivity contribution in [3.63, 3.8) is 0 Å². The van der Waals surface area contributed by atoms with Crippen LogP contribution in [0.4, 0.5) is 10.8 Å². The fourth-order valence-corrected chi connectivity index (χ4v) is 4.02. The van der Waals surface area contributed by atoms with Gasteiger partial charge < -0.3 is 5.32 Å². The molecule has 0 spiro atoms. The van der Waals surface area contributed by atoms with Gasteiger partial charge in [-0.3, -0.25) is 4.90 Å². The minimum absolute atomic E-state index is 0.891. The molecular formula is C19H20N4S. The molecule has 4 nitrogen and oxygen atoms in total. The second-order valence-electron chi connectivity index (χ2n) is 6.10. The van der Waals surface area contributed by atoms with Gasteiger partial charge in [0.2, 0.25) is 0 Å². The average molecular weight is 336 g/mol. The molecule has 3 aromatic heterocycles. The summed E-state index contributed by atoms with van der Waals surface area (Å²) in [6, 6.07) is 10.4. The largest absolute Gasteiger partial charge is 0.332 e. The van der Waals surface area contributed by atoms with E-state index in [1.165, 1.54) is 31.5 Å². The van der Waals surface area contributed by atoms with Crippen LogP contribution in [0.3, 0.4) is 0 Å². The first-order valence-electron chi connectivity index (χ1n) is 8.27. The molecular weight excluding hydrogens is 316 g/mol. The fraction of sp³-hybridized carbons (Fsp3) is 0.263. The van der Waals surface area contributed by atoms with Crippen LogP contribution in [0.5, 0.6) is 0 Å². The number of thiophene rings is 1. The molecule has 5 heteroatoms. The van der Waals surface area contributed by atoms with Crippen molar-refractivity contribution in [2.24, 2.45) is 0 Å². The zero-order valence-corrected chi connectivity index (χ0v) is 14.4. The molecule has 1 aliphatic heterocycles. The van der Waals surface area contributed by atoms with E-state index < -0.39 is 0 Å². The van der Waals surface area contributed by atoms with Crippen molar-refractivity contribution < 1.29 is 0 Å². The number of rotatable bonds is 5. The summed E-state index contributed by atoms with van der Waals surface area (Å²) in [5, 5.41) is 5.62. The third-order valence-corrected chi connectivity index (χ3v) is 5.25. The first-order chi connectivity index (χ1) is 11.8. The van der Waals surface area contributed by atoms with Crippen LogP contribution in [0.2, 0.25) is 0 Å². The van der Waals surface area contributed by atoms with Crippen molar-refractivity contribution in [2.75, 3.05) is 18.4 Å². The monoisotopic (exact) mass is 336 g/mol. The molecule has 0 atom stereocenters. The Hall–Kier alpha value is -2.24. The van der Waals surface area contributed by atoms with Crippen molar-refractivity contribution in [1.82, 2.24) is 14.9 Å². The Morgan fingerprint density at radius 2 is 2.08 bits per heavy atom. The first-order valence-corrected chi connectivity index (χ1v) is 9.09. The highest BCUT2D eigenvalue weighted by atomic mass is 32.1. The van der Waals surface area contributed by atoms with E-state index in [2.05, 4.69) is 51.0 Å². The zero-order chi connectivity index (χ0) is 16.4. The SMILES string of the molecule is C=Cc1ccc2cc(Nc3cc(CN4CCCC4)ccn3)sc2n1. The molecule has 0 aliphatic carbocycles. The molecule has 1 fully saturated rings. The smallest absolute Gasteiger partial charge is 0.131 e. The maximum atomic E-state index is 4.58. The summed E-state index contributed by atoms with van der Waals surface area (Å²) in [6.07, 6.45) is 6.29. The minimum atomic E-state index is 0.891. The molecule has 122 valence electrons. The molecule has 24 heavy (non-hydrogen) atoms. The van der Waals surface area contributed by atoms with E-state index in [1.54, 1.807) is 17.4 Å². The average Bonchev–Trinajstić information content (AvgIpc) is 3.23. The molecule has 1 aliphatic rings. The van der Waals surface area contributed by atoms with Crippen molar-refractivity contribution in [1.29, 1.82) is 0 Å². The number of aromatic nitrogens is 2. The summed E-state index contributed by atoms with van der Waals surface area (Å²) in [5.74, 6) is 0.891. The molecule has 1 saturated heterocycles. The number of anilines is 2. The van der Waals surface area contributed by atoms with Gasteiger partial charge in [-0.05, 0) is 67.9 Å². The predicted molar refractivity (Wildman–Crippen MR) is 102 cm³/mol. The van der Waals surface area contributed by atoms with Crippen molar-refractivity contribution >= 4 is 38.4 Å². The highest BCUT2D eigenvalue weighted by Crippen LogP contribution is 2.30. The Morgan fingerprint density at radius 3 is 2.92 bits per heavy atom. The Labute approximate surface area is 145 Å². The van der Waals surface area contributed by atoms with Crippen LogP contribution < -0.4 is 5.32 Å². The Balaban J connectivity index is 1.53. The molecule has 4 rings (SSSR count). The summed E-state index contributed by atoms with van der Waals surface area (Å²) in [7, 11) is 0. The highest BCUT2D eigenvalue weighted by Gasteiger charge is 2.12. The zero-order valence-electron chi connectivity index (χ0n) is 13.5. The van der Waals surface area contributed by atoms with E-state index in [1.807, 2.05) is 12.3 Å². The Kier molecular flexibility index (Phi) is 4.28. The van der Waals surface area contributed by atoms with Crippen molar-refractivity contribution in [3.8, 4) is 0 Å². The van der Waals surface area contributed by atoms with Gasteiger partial charge in [0.05, 0.1) is 10.7 Å². The molecule has 0 unspecified atom stereocenters. The highest BCUT2D eigenvalue weighted by molar-refractivity contribution is 7.22. The molecule has 0 aromatic carbocycles. The van der Waals surface area contributed by atoms with Gasteiger partial charge in [-0.25, -0.2) is 9.97 Å². The third kappa shape index (κ3) is 3.32. The molecule has 0 amide bonds. The van der Waals surface area contributed by atoms with Crippen LogP contribution in [0, 0.1) is 0 Å². The Bertz CT molecular complexity index is 865. The molecule has 3 aromatic rings. The van der Waals surface area contributed by atoms with E-state index in [0.717, 1.165) is 33.3 Å². The number of pyridine rings is 2. The first kappa shape index (κ1) is 15.3. The van der Waals surface area contributed by atoms with Gasteiger partial charge in [0.1, 0.15) is 10.6 Å². The summed E-state index contributed by atoms with van der Waals surface area (Å²) >= 11 is 1.64. The third-order valence-electron chi connectivity index (χ3n) is 4.29. The summed E-state index contributed by atoms with van der Waals surface area (Å²) < 4.78 is 0. The van der Waals surface area contributed by atoms with Crippen LogP contribution in [-0.2, 0) is 6.54 Å². The number of hydrogen-bond acceptors (Lipinski definition) is 5. The van der Waals surface area contributed by atoms with Gasteiger partial charge in [-0.15, -0.1) is 0 Å². The van der Waals surface area contributed by atoms with E-state index in [-0.39, 0.29) is 0 Å². The van der Waals surface area contributed by atoms with Gasteiger partial charge in [-0.2, -0.15) is 0 Å². The maximum absolute atomic E-state index is 4.58. The van der Waals surface area contributed by atoms with E-state index in [9.17, 15) is 0 Å². The van der Waals surface area contributed by atoms with Crippen LogP contribution in [-0.4, -0.2) is 28.0 Å². The van der Waals surface area contributed by atoms with E-state index in [4.69, 9.17) is 0 Å². The normalized spacial score (nSPS) is 15.0. The van der Waals surface area contributed by atoms with E-state index >= 15 is 0 Å². The molecule has 0 saturated carbocycles. The van der Waals surface area contributed by atoms with Gasteiger partial charge in [0.15, 0.2) is 0 Å². The van der Waals surface area contributed by atoms with Gasteiger partial charge in [0, 0.05) is 18.1 Å². The van der Waals surface area contributed by atoms with Crippen LogP contribution in [0.25, 0.3) is 16.3 Å². The lowest BCUT2D eigenvalue weighted by molar-refractivity contribution is 0.331. The van der Waals surface area contributed by atoms with Gasteiger partial charge >= 0.3 is 0 Å². The predicted octanol–water partition coefficient (Wildman–Crippen LogP) is 4.67. The van der Waals surface area contributed by atoms with Crippen LogP contribution >= 0.6 is 11.3 Å².